The monoisotopic (exact) mass is 393 g/mol. The van der Waals surface area contributed by atoms with E-state index in [1.807, 2.05) is 42.5 Å². The van der Waals surface area contributed by atoms with Crippen LogP contribution in [0, 0.1) is 6.92 Å². The number of nitrogens with zero attached hydrogens (tertiary/aromatic N) is 2. The molecule has 3 aromatic heterocycles. The third kappa shape index (κ3) is 3.16. The van der Waals surface area contributed by atoms with Crippen LogP contribution < -0.4 is 5.32 Å². The molecule has 1 N–H and O–H groups in total. The molecule has 0 saturated carbocycles. The first-order valence-electron chi connectivity index (χ1n) is 9.67. The highest BCUT2D eigenvalue weighted by atomic mass is 16.3. The van der Waals surface area contributed by atoms with Gasteiger partial charge in [-0.1, -0.05) is 12.1 Å². The number of carbonyl (C=O) groups excluding carboxylic acids is 1. The van der Waals surface area contributed by atoms with Crippen molar-refractivity contribution in [1.29, 1.82) is 0 Å². The van der Waals surface area contributed by atoms with Crippen molar-refractivity contribution in [3.8, 4) is 17.0 Å². The molecule has 0 unspecified atom stereocenters. The lowest BCUT2D eigenvalue weighted by Crippen LogP contribution is -2.12. The van der Waals surface area contributed by atoms with Gasteiger partial charge in [-0.3, -0.25) is 9.78 Å². The summed E-state index contributed by atoms with van der Waals surface area (Å²) in [6.45, 7) is 2.09. The van der Waals surface area contributed by atoms with Crippen molar-refractivity contribution in [2.24, 2.45) is 0 Å². The molecule has 0 atom stereocenters. The van der Waals surface area contributed by atoms with Crippen LogP contribution in [0.5, 0.6) is 0 Å². The van der Waals surface area contributed by atoms with Gasteiger partial charge in [0.1, 0.15) is 5.76 Å². The first-order valence-corrected chi connectivity index (χ1v) is 9.67. The lowest BCUT2D eigenvalue weighted by atomic mass is 10.1. The van der Waals surface area contributed by atoms with Crippen LogP contribution in [0.3, 0.4) is 0 Å². The van der Waals surface area contributed by atoms with Crippen molar-refractivity contribution in [3.05, 3.63) is 103 Å². The number of benzene rings is 2. The number of aryl methyl sites for hydroxylation is 1. The van der Waals surface area contributed by atoms with E-state index in [0.29, 0.717) is 5.56 Å². The molecular weight excluding hydrogens is 374 g/mol. The van der Waals surface area contributed by atoms with Gasteiger partial charge in [0.2, 0.25) is 0 Å². The fraction of sp³-hybridized carbons (Fsp3) is 0.0400. The molecule has 3 heterocycles. The minimum absolute atomic E-state index is 0.179. The maximum Gasteiger partial charge on any atom is 0.257 e. The highest BCUT2D eigenvalue weighted by Gasteiger charge is 2.13. The number of fused-ring (bicyclic) bond motifs is 1. The van der Waals surface area contributed by atoms with Gasteiger partial charge < -0.3 is 14.3 Å². The Hall–Kier alpha value is -4.12. The maximum atomic E-state index is 12.3. The van der Waals surface area contributed by atoms with E-state index in [-0.39, 0.29) is 5.91 Å². The molecule has 5 nitrogen and oxygen atoms in total. The lowest BCUT2D eigenvalue weighted by molar-refractivity contribution is 0.102. The summed E-state index contributed by atoms with van der Waals surface area (Å²) >= 11 is 0. The molecule has 0 aliphatic rings. The van der Waals surface area contributed by atoms with Gasteiger partial charge in [-0.2, -0.15) is 0 Å². The molecule has 0 fully saturated rings. The van der Waals surface area contributed by atoms with E-state index in [1.54, 1.807) is 30.8 Å². The van der Waals surface area contributed by atoms with E-state index in [0.717, 1.165) is 39.3 Å². The Labute approximate surface area is 173 Å². The van der Waals surface area contributed by atoms with Gasteiger partial charge in [0.05, 0.1) is 17.3 Å². The van der Waals surface area contributed by atoms with E-state index in [2.05, 4.69) is 40.0 Å². The van der Waals surface area contributed by atoms with Gasteiger partial charge >= 0.3 is 0 Å². The Bertz CT molecular complexity index is 1320. The Morgan fingerprint density at radius 1 is 1.00 bits per heavy atom. The second kappa shape index (κ2) is 7.37. The van der Waals surface area contributed by atoms with Crippen LogP contribution in [0.15, 0.2) is 95.9 Å². The number of aromatic nitrogens is 2. The zero-order chi connectivity index (χ0) is 20.5. The van der Waals surface area contributed by atoms with E-state index in [9.17, 15) is 4.79 Å². The third-order valence-electron chi connectivity index (χ3n) is 5.12. The number of nitrogens with one attached hydrogen (secondary N) is 1. The Kier molecular flexibility index (Phi) is 4.41. The fourth-order valence-corrected chi connectivity index (χ4v) is 3.75. The number of furan rings is 1. The molecule has 0 saturated heterocycles. The van der Waals surface area contributed by atoms with Gasteiger partial charge in [-0.05, 0) is 67.6 Å². The van der Waals surface area contributed by atoms with E-state index in [4.69, 9.17) is 4.42 Å². The Morgan fingerprint density at radius 3 is 2.60 bits per heavy atom. The van der Waals surface area contributed by atoms with Gasteiger partial charge in [0.15, 0.2) is 0 Å². The topological polar surface area (TPSA) is 60.1 Å². The molecule has 146 valence electrons. The van der Waals surface area contributed by atoms with Gasteiger partial charge in [0, 0.05) is 40.4 Å². The summed E-state index contributed by atoms with van der Waals surface area (Å²) in [5, 5.41) is 4.05. The molecule has 30 heavy (non-hydrogen) atoms. The predicted molar refractivity (Wildman–Crippen MR) is 118 cm³/mol. The third-order valence-corrected chi connectivity index (χ3v) is 5.12. The van der Waals surface area contributed by atoms with Gasteiger partial charge in [-0.15, -0.1) is 0 Å². The number of hydrogen-bond acceptors (Lipinski definition) is 3. The molecule has 1 amide bonds. The lowest BCUT2D eigenvalue weighted by Gasteiger charge is -2.11. The summed E-state index contributed by atoms with van der Waals surface area (Å²) < 4.78 is 7.82. The molecule has 5 aromatic rings. The summed E-state index contributed by atoms with van der Waals surface area (Å²) in [6, 6.07) is 23.6. The van der Waals surface area contributed by atoms with Crippen LogP contribution in [0.2, 0.25) is 0 Å². The Morgan fingerprint density at radius 2 is 1.87 bits per heavy atom. The maximum absolute atomic E-state index is 12.3. The molecule has 0 bridgehead atoms. The first kappa shape index (κ1) is 17.9. The average Bonchev–Trinajstić information content (AvgIpc) is 3.42. The van der Waals surface area contributed by atoms with Crippen LogP contribution in [-0.4, -0.2) is 15.5 Å². The SMILES string of the molecule is Cc1cc2c(-c3ccco3)cccc2n1-c1ccc(NC(=O)c2cccnc2)cc1. The van der Waals surface area contributed by atoms with Crippen molar-refractivity contribution in [2.45, 2.75) is 6.92 Å². The van der Waals surface area contributed by atoms with Crippen LogP contribution in [-0.2, 0) is 0 Å². The van der Waals surface area contributed by atoms with Crippen LogP contribution in [0.1, 0.15) is 16.1 Å². The second-order valence-corrected chi connectivity index (χ2v) is 7.08. The van der Waals surface area contributed by atoms with Crippen molar-refractivity contribution >= 4 is 22.5 Å². The molecule has 0 aliphatic heterocycles. The van der Waals surface area contributed by atoms with Crippen LogP contribution in [0.25, 0.3) is 27.9 Å². The average molecular weight is 393 g/mol. The quantitative estimate of drug-likeness (QED) is 0.417. The van der Waals surface area contributed by atoms with E-state index in [1.165, 1.54) is 0 Å². The molecule has 0 spiro atoms. The Balaban J connectivity index is 1.48. The first-order chi connectivity index (χ1) is 14.7. The summed E-state index contributed by atoms with van der Waals surface area (Å²) in [4.78, 5) is 16.3. The minimum atomic E-state index is -0.179. The van der Waals surface area contributed by atoms with Crippen molar-refractivity contribution in [1.82, 2.24) is 9.55 Å². The van der Waals surface area contributed by atoms with E-state index >= 15 is 0 Å². The number of amides is 1. The number of carbonyl (C=O) groups is 1. The minimum Gasteiger partial charge on any atom is -0.464 e. The van der Waals surface area contributed by atoms with Gasteiger partial charge in [-0.25, -0.2) is 0 Å². The molecule has 2 aromatic carbocycles. The summed E-state index contributed by atoms with van der Waals surface area (Å²) in [6.07, 6.45) is 4.89. The van der Waals surface area contributed by atoms with Crippen molar-refractivity contribution in [3.63, 3.8) is 0 Å². The summed E-state index contributed by atoms with van der Waals surface area (Å²) in [7, 11) is 0. The summed E-state index contributed by atoms with van der Waals surface area (Å²) in [5.41, 5.74) is 5.58. The van der Waals surface area contributed by atoms with Crippen LogP contribution in [0.4, 0.5) is 5.69 Å². The molecule has 5 heteroatoms. The number of anilines is 1. The number of hydrogen-bond donors (Lipinski definition) is 1. The molecule has 5 rings (SSSR count). The fourth-order valence-electron chi connectivity index (χ4n) is 3.75. The number of pyridine rings is 1. The smallest absolute Gasteiger partial charge is 0.257 e. The van der Waals surface area contributed by atoms with E-state index < -0.39 is 0 Å². The normalized spacial score (nSPS) is 11.0. The van der Waals surface area contributed by atoms with Crippen molar-refractivity contribution in [2.75, 3.05) is 5.32 Å². The molecule has 0 radical (unpaired) electrons. The second-order valence-electron chi connectivity index (χ2n) is 7.08. The highest BCUT2D eigenvalue weighted by molar-refractivity contribution is 6.04. The zero-order valence-corrected chi connectivity index (χ0v) is 16.4. The largest absolute Gasteiger partial charge is 0.464 e. The predicted octanol–water partition coefficient (Wildman–Crippen LogP) is 5.85. The summed E-state index contributed by atoms with van der Waals surface area (Å²) in [5.74, 6) is 0.674. The standard InChI is InChI=1S/C25H19N3O2/c1-17-15-22-21(24-8-4-14-30-24)6-2-7-23(22)28(17)20-11-9-19(10-12-20)27-25(29)18-5-3-13-26-16-18/h2-16H,1H3,(H,27,29). The van der Waals surface area contributed by atoms with Crippen LogP contribution >= 0.6 is 0 Å². The zero-order valence-electron chi connectivity index (χ0n) is 16.4. The molecule has 0 aliphatic carbocycles. The van der Waals surface area contributed by atoms with Crippen molar-refractivity contribution < 1.29 is 9.21 Å². The molecular formula is C25H19N3O2. The van der Waals surface area contributed by atoms with Gasteiger partial charge in [0.25, 0.3) is 5.91 Å². The number of rotatable bonds is 4. The highest BCUT2D eigenvalue weighted by Crippen LogP contribution is 2.33.